The Morgan fingerprint density at radius 1 is 0.575 bits per heavy atom. The van der Waals surface area contributed by atoms with Gasteiger partial charge in [-0.1, -0.05) is 74.5 Å². The molecule has 0 bridgehead atoms. The van der Waals surface area contributed by atoms with Gasteiger partial charge >= 0.3 is 6.03 Å². The number of Topliss-reactive ketones (excluding diaryl/α,β-unsaturated/α-hetero) is 4. The average molecular weight is 1210 g/mol. The first kappa shape index (κ1) is 70.4. The van der Waals surface area contributed by atoms with Gasteiger partial charge in [-0.15, -0.1) is 0 Å². The van der Waals surface area contributed by atoms with Crippen molar-refractivity contribution in [3.05, 3.63) is 102 Å². The number of hydrogen-bond acceptors (Lipinski definition) is 15. The number of fused-ring (bicyclic) bond motifs is 1. The summed E-state index contributed by atoms with van der Waals surface area (Å²) in [5.41, 5.74) is 19.7. The molecule has 1 heterocycles. The number of ketones is 4. The number of primary amides is 2. The molecule has 1 aromatic heterocycles. The number of phenols is 1. The molecule has 4 rings (SSSR count). The second-order valence-corrected chi connectivity index (χ2v) is 22.2. The van der Waals surface area contributed by atoms with E-state index in [4.69, 9.17) is 17.2 Å². The van der Waals surface area contributed by atoms with E-state index in [1.807, 2.05) is 38.1 Å². The number of rotatable bonds is 37. The summed E-state index contributed by atoms with van der Waals surface area (Å²) in [4.78, 5) is 156. The zero-order chi connectivity index (χ0) is 64.5. The molecule has 87 heavy (non-hydrogen) atoms. The van der Waals surface area contributed by atoms with Crippen molar-refractivity contribution in [2.45, 2.75) is 141 Å². The Kier molecular flexibility index (Phi) is 28.2. The van der Waals surface area contributed by atoms with Crippen molar-refractivity contribution in [3.63, 3.8) is 0 Å². The van der Waals surface area contributed by atoms with Gasteiger partial charge in [-0.3, -0.25) is 52.9 Å². The van der Waals surface area contributed by atoms with Crippen LogP contribution in [0.4, 0.5) is 4.79 Å². The molecule has 0 aliphatic carbocycles. The predicted octanol–water partition coefficient (Wildman–Crippen LogP) is 0.306. The number of nitrogens with one attached hydrogen (secondary N) is 8. The normalized spacial score (nSPS) is 14.9. The largest absolute Gasteiger partial charge is 0.508 e. The van der Waals surface area contributed by atoms with Crippen molar-refractivity contribution in [3.8, 4) is 5.75 Å². The van der Waals surface area contributed by atoms with Gasteiger partial charge in [0.05, 0.1) is 61.2 Å². The van der Waals surface area contributed by atoms with Crippen molar-refractivity contribution >= 4 is 81.5 Å². The number of nitrogens with zero attached hydrogens (tertiary/aromatic N) is 1. The number of amides is 8. The summed E-state index contributed by atoms with van der Waals surface area (Å²) in [5.74, 6) is -12.2. The number of aromatic hydroxyl groups is 1. The molecular formula is C61H84N12O14. The van der Waals surface area contributed by atoms with Crippen LogP contribution in [0.2, 0.25) is 0 Å². The first-order chi connectivity index (χ1) is 41.1. The number of para-hydroxylation sites is 1. The van der Waals surface area contributed by atoms with Crippen LogP contribution in [0.3, 0.4) is 0 Å². The second kappa shape index (κ2) is 34.8. The maximum absolute atomic E-state index is 14.2. The van der Waals surface area contributed by atoms with Gasteiger partial charge in [0.15, 0.2) is 29.1 Å². The molecule has 0 aliphatic heterocycles. The van der Waals surface area contributed by atoms with E-state index in [0.29, 0.717) is 17.5 Å². The van der Waals surface area contributed by atoms with E-state index < -0.39 is 151 Å². The van der Waals surface area contributed by atoms with Crippen LogP contribution in [0.5, 0.6) is 5.75 Å². The molecule has 4 aromatic rings. The van der Waals surface area contributed by atoms with E-state index in [9.17, 15) is 68.1 Å². The SMILES string of the molecule is CN=C(N)NCCC[C@H](CC(=O)[C@H](CC(C)C)NC(=O)NCC(=O)[C@H](Cc1ccccc1)NC(=O)[C@@H](CC(=O)[C@H](CC(N)=O)NC(=O)[C@@H](CC(=O)[C@@H](Cc1ccc(O)cc1)NC(C)=O)[C@@H](C)O)[C@@H](C)O)C(=O)N[C@@H](Cc1c[nH]c2ccccc12)C(N)=O. The van der Waals surface area contributed by atoms with E-state index in [2.05, 4.69) is 47.2 Å². The van der Waals surface area contributed by atoms with E-state index in [1.165, 1.54) is 52.1 Å². The molecule has 0 unspecified atom stereocenters. The van der Waals surface area contributed by atoms with E-state index in [1.54, 1.807) is 36.5 Å². The number of benzene rings is 3. The number of aliphatic imine (C=N–C) groups is 1. The highest BCUT2D eigenvalue weighted by Gasteiger charge is 2.37. The lowest BCUT2D eigenvalue weighted by Crippen LogP contribution is -2.53. The van der Waals surface area contributed by atoms with Crippen molar-refractivity contribution in [2.75, 3.05) is 20.1 Å². The zero-order valence-corrected chi connectivity index (χ0v) is 49.9. The van der Waals surface area contributed by atoms with Crippen LogP contribution in [0, 0.1) is 23.7 Å². The first-order valence-corrected chi connectivity index (χ1v) is 28.8. The zero-order valence-electron chi connectivity index (χ0n) is 49.9. The fourth-order valence-electron chi connectivity index (χ4n) is 9.77. The lowest BCUT2D eigenvalue weighted by Gasteiger charge is -2.27. The minimum absolute atomic E-state index is 0.0387. The lowest BCUT2D eigenvalue weighted by molar-refractivity contribution is -0.138. The highest BCUT2D eigenvalue weighted by atomic mass is 16.3. The first-order valence-electron chi connectivity index (χ1n) is 28.8. The van der Waals surface area contributed by atoms with Crippen LogP contribution in [0.15, 0.2) is 90.1 Å². The Hall–Kier alpha value is -9.04. The summed E-state index contributed by atoms with van der Waals surface area (Å²) >= 11 is 0. The molecule has 0 aliphatic rings. The number of aromatic amines is 1. The molecule has 10 atom stereocenters. The van der Waals surface area contributed by atoms with Gasteiger partial charge < -0.3 is 74.7 Å². The third kappa shape index (κ3) is 23.7. The molecule has 472 valence electrons. The smallest absolute Gasteiger partial charge is 0.315 e. The van der Waals surface area contributed by atoms with Gasteiger partial charge in [0.2, 0.25) is 35.4 Å². The molecule has 3 aromatic carbocycles. The summed E-state index contributed by atoms with van der Waals surface area (Å²) in [7, 11) is 1.49. The predicted molar refractivity (Wildman–Crippen MR) is 323 cm³/mol. The molecule has 0 spiro atoms. The number of carbonyl (C=O) groups is 11. The number of hydrogen-bond donors (Lipinski definition) is 14. The highest BCUT2D eigenvalue weighted by Crippen LogP contribution is 2.23. The van der Waals surface area contributed by atoms with Crippen molar-refractivity contribution in [1.82, 2.24) is 42.2 Å². The van der Waals surface area contributed by atoms with Gasteiger partial charge in [-0.25, -0.2) is 4.79 Å². The van der Waals surface area contributed by atoms with E-state index in [-0.39, 0.29) is 62.7 Å². The average Bonchev–Trinajstić information content (AvgIpc) is 3.61. The van der Waals surface area contributed by atoms with Crippen LogP contribution in [-0.2, 0) is 67.2 Å². The maximum atomic E-state index is 14.2. The van der Waals surface area contributed by atoms with Crippen LogP contribution >= 0.6 is 0 Å². The molecule has 0 radical (unpaired) electrons. The van der Waals surface area contributed by atoms with Crippen LogP contribution < -0.4 is 54.4 Å². The molecule has 17 N–H and O–H groups in total. The third-order valence-corrected chi connectivity index (χ3v) is 14.6. The number of H-pyrrole nitrogens is 1. The molecule has 8 amide bonds. The number of guanidine groups is 1. The van der Waals surface area contributed by atoms with Crippen molar-refractivity contribution in [2.24, 2.45) is 45.9 Å². The molecule has 0 saturated carbocycles. The standard InChI is InChI=1S/C61H84N12O14/c1-33(2)23-46(51(78)27-39(15-12-22-66-60(64)65-6)57(84)72-50(56(63)83)26-40-31-67-45-17-11-10-16-42(40)45)73-61(87)68-32-54(81)48(24-37-13-8-7-9-14-37)70-58(85)44(35(4)75)29-53(80)49(30-55(62)82)71-59(86)43(34(3)74)28-52(79)47(69-36(5)76)25-38-18-20-41(77)21-19-38/h7-11,13-14,16-21,31,33-35,39,43-44,46-50,67,74-75,77H,12,15,22-30,32H2,1-6H3,(H2,62,82)(H2,63,83)(H,69,76)(H,70,85)(H,71,86)(H,72,84)(H3,64,65,66)(H2,68,73,87)/t34-,35-,39-,43+,44+,46+,47-,48+,49+,50+/m1/s1. The molecule has 26 nitrogen and oxygen atoms in total. The number of aliphatic hydroxyl groups is 2. The number of aliphatic hydroxyl groups excluding tert-OH is 2. The lowest BCUT2D eigenvalue weighted by atomic mass is 9.89. The maximum Gasteiger partial charge on any atom is 0.315 e. The second-order valence-electron chi connectivity index (χ2n) is 22.2. The van der Waals surface area contributed by atoms with Crippen LogP contribution in [0.25, 0.3) is 10.9 Å². The van der Waals surface area contributed by atoms with Crippen molar-refractivity contribution < 1.29 is 68.1 Å². The Morgan fingerprint density at radius 2 is 1.11 bits per heavy atom. The Labute approximate surface area is 504 Å². The third-order valence-electron chi connectivity index (χ3n) is 14.6. The summed E-state index contributed by atoms with van der Waals surface area (Å²) in [6.45, 7) is 6.80. The summed E-state index contributed by atoms with van der Waals surface area (Å²) in [5, 5.41) is 50.4. The molecule has 26 heteroatoms. The van der Waals surface area contributed by atoms with Gasteiger partial charge in [0.25, 0.3) is 0 Å². The van der Waals surface area contributed by atoms with E-state index >= 15 is 0 Å². The summed E-state index contributed by atoms with van der Waals surface area (Å²) < 4.78 is 0. The minimum atomic E-state index is -1.73. The van der Waals surface area contributed by atoms with Gasteiger partial charge in [0, 0.05) is 69.2 Å². The topological polar surface area (TPSA) is 439 Å². The van der Waals surface area contributed by atoms with Gasteiger partial charge in [-0.2, -0.15) is 0 Å². The van der Waals surface area contributed by atoms with Gasteiger partial charge in [-0.05, 0) is 86.8 Å². The number of phenolic OH excluding ortho intramolecular Hbond substituents is 1. The Balaban J connectivity index is 1.49. The fraction of sp³-hybridized carbons (Fsp3) is 0.475. The summed E-state index contributed by atoms with van der Waals surface area (Å²) in [6, 6.07) is 14.1. The van der Waals surface area contributed by atoms with Crippen LogP contribution in [0.1, 0.15) is 96.3 Å². The monoisotopic (exact) mass is 1210 g/mol. The number of aromatic nitrogens is 1. The summed E-state index contributed by atoms with van der Waals surface area (Å²) in [6.07, 6.45) is -3.56. The number of urea groups is 1. The van der Waals surface area contributed by atoms with E-state index in [0.717, 1.165) is 16.5 Å². The molecule has 0 saturated heterocycles. The fourth-order valence-corrected chi connectivity index (χ4v) is 9.77. The number of carbonyl (C=O) groups excluding carboxylic acids is 11. The Morgan fingerprint density at radius 3 is 1.68 bits per heavy atom. The highest BCUT2D eigenvalue weighted by molar-refractivity contribution is 5.99. The molecular weight excluding hydrogens is 1120 g/mol. The van der Waals surface area contributed by atoms with Crippen LogP contribution in [-0.4, -0.2) is 153 Å². The Bertz CT molecular complexity index is 3060. The quantitative estimate of drug-likeness (QED) is 0.0164. The minimum Gasteiger partial charge on any atom is -0.508 e. The van der Waals surface area contributed by atoms with Gasteiger partial charge in [0.1, 0.15) is 11.8 Å². The number of nitrogens with two attached hydrogens (primary N) is 3. The molecule has 0 fully saturated rings. The van der Waals surface area contributed by atoms with Crippen molar-refractivity contribution in [1.29, 1.82) is 0 Å².